The van der Waals surface area contributed by atoms with Crippen molar-refractivity contribution in [2.75, 3.05) is 31.2 Å². The summed E-state index contributed by atoms with van der Waals surface area (Å²) in [4.78, 5) is 25.7. The number of anilines is 1. The zero-order valence-corrected chi connectivity index (χ0v) is 18.8. The van der Waals surface area contributed by atoms with Gasteiger partial charge in [0.15, 0.2) is 11.5 Å². The molecule has 8 nitrogen and oxygen atoms in total. The van der Waals surface area contributed by atoms with E-state index < -0.39 is 23.9 Å². The molecule has 180 valence electrons. The lowest BCUT2D eigenvalue weighted by atomic mass is 10.1. The smallest absolute Gasteiger partial charge is 0.414 e. The van der Waals surface area contributed by atoms with Crippen molar-refractivity contribution < 1.29 is 33.7 Å². The number of halogens is 1. The zero-order valence-electron chi connectivity index (χ0n) is 18.8. The molecule has 1 saturated heterocycles. The summed E-state index contributed by atoms with van der Waals surface area (Å²) in [5, 5.41) is 22.0. The molecule has 2 amide bonds. The van der Waals surface area contributed by atoms with E-state index >= 15 is 0 Å². The first-order valence-electron chi connectivity index (χ1n) is 11.0. The quantitative estimate of drug-likeness (QED) is 0.295. The fraction of sp³-hybridized carbons (Fsp3) is 0.360. The maximum Gasteiger partial charge on any atom is 0.414 e. The van der Waals surface area contributed by atoms with Gasteiger partial charge in [0.25, 0.3) is 0 Å². The van der Waals surface area contributed by atoms with E-state index in [9.17, 15) is 24.2 Å². The molecule has 1 atom stereocenters. The van der Waals surface area contributed by atoms with Gasteiger partial charge in [-0.25, -0.2) is 9.18 Å². The van der Waals surface area contributed by atoms with E-state index in [0.29, 0.717) is 25.3 Å². The Labute approximate surface area is 197 Å². The summed E-state index contributed by atoms with van der Waals surface area (Å²) in [6.07, 6.45) is 0.0107. The highest BCUT2D eigenvalue weighted by Gasteiger charge is 2.33. The summed E-state index contributed by atoms with van der Waals surface area (Å²) in [5.41, 5.74) is 0.832. The molecule has 1 heterocycles. The van der Waals surface area contributed by atoms with Crippen LogP contribution < -0.4 is 10.2 Å². The van der Waals surface area contributed by atoms with Crippen molar-refractivity contribution in [3.05, 3.63) is 53.3 Å². The molecule has 34 heavy (non-hydrogen) atoms. The Morgan fingerprint density at radius 3 is 2.88 bits per heavy atom. The van der Waals surface area contributed by atoms with E-state index in [4.69, 9.17) is 9.47 Å². The van der Waals surface area contributed by atoms with Gasteiger partial charge in [0.05, 0.1) is 37.4 Å². The van der Waals surface area contributed by atoms with Gasteiger partial charge in [0.2, 0.25) is 5.91 Å². The average molecular weight is 470 g/mol. The molecule has 1 fully saturated rings. The fourth-order valence-electron chi connectivity index (χ4n) is 3.32. The third kappa shape index (κ3) is 6.62. The topological polar surface area (TPSA) is 108 Å². The molecule has 0 saturated carbocycles. The highest BCUT2D eigenvalue weighted by atomic mass is 19.1. The lowest BCUT2D eigenvalue weighted by molar-refractivity contribution is -0.120. The zero-order chi connectivity index (χ0) is 24.5. The molecule has 1 aliphatic rings. The number of carbonyl (C=O) groups excluding carboxylic acids is 2. The van der Waals surface area contributed by atoms with Crippen LogP contribution in [0, 0.1) is 17.7 Å². The molecule has 2 aromatic carbocycles. The van der Waals surface area contributed by atoms with E-state index in [1.165, 1.54) is 35.2 Å². The number of nitrogens with zero attached hydrogens (tertiary/aromatic N) is 1. The Morgan fingerprint density at radius 2 is 2.12 bits per heavy atom. The van der Waals surface area contributed by atoms with Crippen molar-refractivity contribution in [1.82, 2.24) is 5.32 Å². The van der Waals surface area contributed by atoms with Crippen LogP contribution in [0.2, 0.25) is 0 Å². The van der Waals surface area contributed by atoms with Crippen molar-refractivity contribution in [3.8, 4) is 23.3 Å². The highest BCUT2D eigenvalue weighted by molar-refractivity contribution is 5.90. The lowest BCUT2D eigenvalue weighted by Crippen LogP contribution is -2.35. The van der Waals surface area contributed by atoms with Gasteiger partial charge in [-0.1, -0.05) is 30.9 Å². The minimum atomic E-state index is -0.642. The Morgan fingerprint density at radius 1 is 1.29 bits per heavy atom. The molecule has 9 heteroatoms. The number of rotatable bonds is 9. The predicted octanol–water partition coefficient (Wildman–Crippen LogP) is 3.09. The summed E-state index contributed by atoms with van der Waals surface area (Å²) < 4.78 is 25.1. The standard InChI is InChI=1S/C25H27FN2O6/c1-2-11-33-12-4-3-6-17-9-10-19(14-21(17)26)28-16-20(34-25(28)32)15-27-23(30)13-18-7-5-8-22(29)24(18)31/h5,7-10,14,20,29,31H,2,4,11-13,15-16H2,1H3,(H,27,30)/t20-/m0/s1. The maximum absolute atomic E-state index is 14.5. The summed E-state index contributed by atoms with van der Waals surface area (Å²) in [6.45, 7) is 3.36. The van der Waals surface area contributed by atoms with Crippen molar-refractivity contribution >= 4 is 17.7 Å². The first-order valence-corrected chi connectivity index (χ1v) is 11.0. The summed E-state index contributed by atoms with van der Waals surface area (Å²) in [7, 11) is 0. The average Bonchev–Trinajstić information content (AvgIpc) is 3.19. The highest BCUT2D eigenvalue weighted by Crippen LogP contribution is 2.28. The van der Waals surface area contributed by atoms with Crippen LogP contribution in [0.4, 0.5) is 14.9 Å². The largest absolute Gasteiger partial charge is 0.504 e. The number of para-hydroxylation sites is 1. The molecule has 1 aliphatic heterocycles. The first-order chi connectivity index (χ1) is 16.4. The summed E-state index contributed by atoms with van der Waals surface area (Å²) in [5.74, 6) is 4.02. The van der Waals surface area contributed by atoms with E-state index in [1.807, 2.05) is 6.92 Å². The van der Waals surface area contributed by atoms with Crippen LogP contribution in [-0.2, 0) is 20.7 Å². The number of phenolic OH excluding ortho intramolecular Hbond substituents is 2. The Kier molecular flexibility index (Phi) is 8.71. The van der Waals surface area contributed by atoms with E-state index in [-0.39, 0.29) is 42.1 Å². The monoisotopic (exact) mass is 470 g/mol. The fourth-order valence-corrected chi connectivity index (χ4v) is 3.32. The minimum Gasteiger partial charge on any atom is -0.504 e. The SMILES string of the molecule is CCCOCCC#Cc1ccc(N2C[C@H](CNC(=O)Cc3cccc(O)c3O)OC2=O)cc1F. The summed E-state index contributed by atoms with van der Waals surface area (Å²) >= 11 is 0. The number of carbonyl (C=O) groups is 2. The third-order valence-electron chi connectivity index (χ3n) is 5.06. The molecular weight excluding hydrogens is 443 g/mol. The molecule has 0 unspecified atom stereocenters. The van der Waals surface area contributed by atoms with Crippen molar-refractivity contribution in [2.24, 2.45) is 0 Å². The minimum absolute atomic E-state index is 0.0484. The van der Waals surface area contributed by atoms with E-state index in [1.54, 1.807) is 6.07 Å². The number of amides is 2. The van der Waals surface area contributed by atoms with Gasteiger partial charge in [-0.05, 0) is 30.7 Å². The van der Waals surface area contributed by atoms with Crippen LogP contribution in [-0.4, -0.2) is 54.6 Å². The second-order valence-corrected chi connectivity index (χ2v) is 7.71. The van der Waals surface area contributed by atoms with Crippen LogP contribution in [0.1, 0.15) is 30.9 Å². The van der Waals surface area contributed by atoms with Gasteiger partial charge in [-0.15, -0.1) is 0 Å². The number of benzene rings is 2. The molecule has 0 aliphatic carbocycles. The molecule has 0 spiro atoms. The number of aromatic hydroxyl groups is 2. The number of nitrogens with one attached hydrogen (secondary N) is 1. The van der Waals surface area contributed by atoms with Gasteiger partial charge >= 0.3 is 6.09 Å². The number of hydrogen-bond acceptors (Lipinski definition) is 6. The van der Waals surface area contributed by atoms with Crippen LogP contribution >= 0.6 is 0 Å². The van der Waals surface area contributed by atoms with E-state index in [0.717, 1.165) is 6.42 Å². The van der Waals surface area contributed by atoms with Crippen molar-refractivity contribution in [3.63, 3.8) is 0 Å². The predicted molar refractivity (Wildman–Crippen MR) is 123 cm³/mol. The van der Waals surface area contributed by atoms with Gasteiger partial charge in [0, 0.05) is 18.6 Å². The normalized spacial score (nSPS) is 14.9. The summed E-state index contributed by atoms with van der Waals surface area (Å²) in [6, 6.07) is 8.68. The molecule has 0 radical (unpaired) electrons. The second kappa shape index (κ2) is 11.9. The lowest BCUT2D eigenvalue weighted by Gasteiger charge is -2.14. The number of ether oxygens (including phenoxy) is 2. The molecular formula is C25H27FN2O6. The van der Waals surface area contributed by atoms with Crippen molar-refractivity contribution in [1.29, 1.82) is 0 Å². The van der Waals surface area contributed by atoms with Crippen LogP contribution in [0.5, 0.6) is 11.5 Å². The molecule has 0 bridgehead atoms. The Bertz CT molecular complexity index is 1090. The second-order valence-electron chi connectivity index (χ2n) is 7.71. The van der Waals surface area contributed by atoms with Crippen LogP contribution in [0.25, 0.3) is 0 Å². The van der Waals surface area contributed by atoms with Gasteiger partial charge in [-0.3, -0.25) is 9.69 Å². The van der Waals surface area contributed by atoms with Gasteiger partial charge < -0.3 is 25.0 Å². The van der Waals surface area contributed by atoms with Gasteiger partial charge in [0.1, 0.15) is 11.9 Å². The maximum atomic E-state index is 14.5. The van der Waals surface area contributed by atoms with Gasteiger partial charge in [-0.2, -0.15) is 0 Å². The molecule has 0 aromatic heterocycles. The number of hydrogen-bond donors (Lipinski definition) is 3. The molecule has 2 aromatic rings. The Hall–Kier alpha value is -3.77. The number of cyclic esters (lactones) is 1. The van der Waals surface area contributed by atoms with Crippen LogP contribution in [0.15, 0.2) is 36.4 Å². The number of phenols is 2. The van der Waals surface area contributed by atoms with Crippen LogP contribution in [0.3, 0.4) is 0 Å². The first kappa shape index (κ1) is 24.9. The van der Waals surface area contributed by atoms with Crippen molar-refractivity contribution in [2.45, 2.75) is 32.3 Å². The molecule has 3 N–H and O–H groups in total. The van der Waals surface area contributed by atoms with E-state index in [2.05, 4.69) is 17.2 Å². The third-order valence-corrected chi connectivity index (χ3v) is 5.06. The Balaban J connectivity index is 1.52. The molecule has 3 rings (SSSR count).